The molecule has 4 heteroatoms. The first kappa shape index (κ1) is 10.5. The summed E-state index contributed by atoms with van der Waals surface area (Å²) in [6.07, 6.45) is 0.237. The molecule has 3 nitrogen and oxygen atoms in total. The van der Waals surface area contributed by atoms with E-state index >= 15 is 0 Å². The first-order valence-electron chi connectivity index (χ1n) is 4.07. The third kappa shape index (κ3) is 3.04. The van der Waals surface area contributed by atoms with Crippen molar-refractivity contribution in [2.75, 3.05) is 12.4 Å². The number of rotatable bonds is 3. The van der Waals surface area contributed by atoms with Gasteiger partial charge in [0, 0.05) is 5.69 Å². The van der Waals surface area contributed by atoms with Crippen molar-refractivity contribution < 1.29 is 4.74 Å². The highest BCUT2D eigenvalue weighted by atomic mass is 32.1. The number of hydrogen-bond donors (Lipinski definition) is 1. The fourth-order valence-electron chi connectivity index (χ4n) is 0.951. The van der Waals surface area contributed by atoms with E-state index in [0.717, 1.165) is 11.4 Å². The molecule has 0 aliphatic carbocycles. The van der Waals surface area contributed by atoms with Gasteiger partial charge in [0.2, 0.25) is 0 Å². The Morgan fingerprint density at radius 2 is 2.14 bits per heavy atom. The average Bonchev–Trinajstić information content (AvgIpc) is 2.19. The molecule has 0 heterocycles. The lowest BCUT2D eigenvalue weighted by molar-refractivity contribution is 0.415. The lowest BCUT2D eigenvalue weighted by Crippen LogP contribution is -2.07. The topological polar surface area (TPSA) is 45.0 Å². The lowest BCUT2D eigenvalue weighted by atomic mass is 10.3. The Morgan fingerprint density at radius 3 is 2.64 bits per heavy atom. The maximum atomic E-state index is 8.40. The van der Waals surface area contributed by atoms with E-state index in [0.29, 0.717) is 4.99 Å². The molecule has 1 N–H and O–H groups in total. The van der Waals surface area contributed by atoms with E-state index in [4.69, 9.17) is 22.2 Å². The quantitative estimate of drug-likeness (QED) is 0.771. The van der Waals surface area contributed by atoms with Crippen molar-refractivity contribution in [1.29, 1.82) is 5.26 Å². The zero-order valence-corrected chi connectivity index (χ0v) is 8.60. The van der Waals surface area contributed by atoms with E-state index in [2.05, 4.69) is 5.32 Å². The minimum Gasteiger partial charge on any atom is -0.497 e. The maximum absolute atomic E-state index is 8.40. The molecule has 72 valence electrons. The largest absolute Gasteiger partial charge is 0.497 e. The third-order valence-electron chi connectivity index (χ3n) is 1.61. The van der Waals surface area contributed by atoms with E-state index in [1.807, 2.05) is 30.3 Å². The summed E-state index contributed by atoms with van der Waals surface area (Å²) >= 11 is 4.93. The van der Waals surface area contributed by atoms with Crippen LogP contribution >= 0.6 is 12.2 Å². The zero-order chi connectivity index (χ0) is 10.4. The Kier molecular flexibility index (Phi) is 3.89. The Bertz CT molecular complexity index is 353. The number of methoxy groups -OCH3 is 1. The van der Waals surface area contributed by atoms with Gasteiger partial charge in [0.15, 0.2) is 0 Å². The molecule has 0 aliphatic heterocycles. The van der Waals surface area contributed by atoms with Crippen LogP contribution in [0, 0.1) is 11.3 Å². The van der Waals surface area contributed by atoms with Gasteiger partial charge in [-0.15, -0.1) is 0 Å². The lowest BCUT2D eigenvalue weighted by Gasteiger charge is -2.05. The maximum Gasteiger partial charge on any atom is 0.119 e. The van der Waals surface area contributed by atoms with Gasteiger partial charge in [-0.25, -0.2) is 0 Å². The predicted molar refractivity (Wildman–Crippen MR) is 59.4 cm³/mol. The third-order valence-corrected chi connectivity index (χ3v) is 1.86. The number of benzene rings is 1. The van der Waals surface area contributed by atoms with Gasteiger partial charge in [0.1, 0.15) is 5.75 Å². The number of hydrogen-bond acceptors (Lipinski definition) is 3. The molecule has 0 unspecified atom stereocenters. The summed E-state index contributed by atoms with van der Waals surface area (Å²) in [5.41, 5.74) is 0.867. The second kappa shape index (κ2) is 5.20. The van der Waals surface area contributed by atoms with E-state index < -0.39 is 0 Å². The first-order chi connectivity index (χ1) is 6.76. The molecule has 0 saturated heterocycles. The summed E-state index contributed by atoms with van der Waals surface area (Å²) in [5.74, 6) is 0.793. The average molecular weight is 206 g/mol. The van der Waals surface area contributed by atoms with Gasteiger partial charge in [-0.2, -0.15) is 5.26 Å². The molecule has 0 aromatic heterocycles. The summed E-state index contributed by atoms with van der Waals surface area (Å²) in [7, 11) is 1.61. The normalized spacial score (nSPS) is 8.86. The number of nitrogens with zero attached hydrogens (tertiary/aromatic N) is 1. The summed E-state index contributed by atoms with van der Waals surface area (Å²) in [6, 6.07) is 9.34. The highest BCUT2D eigenvalue weighted by Gasteiger charge is 1.97. The molecule has 0 atom stereocenters. The fourth-order valence-corrected chi connectivity index (χ4v) is 1.13. The molecule has 1 aromatic rings. The molecule has 0 radical (unpaired) electrons. The fraction of sp³-hybridized carbons (Fsp3) is 0.200. The molecule has 0 spiro atoms. The number of nitrogens with one attached hydrogen (secondary N) is 1. The second-order valence-corrected chi connectivity index (χ2v) is 3.10. The van der Waals surface area contributed by atoms with Gasteiger partial charge in [0.25, 0.3) is 0 Å². The van der Waals surface area contributed by atoms with Crippen LogP contribution in [-0.2, 0) is 0 Å². The Hall–Kier alpha value is -1.60. The highest BCUT2D eigenvalue weighted by Crippen LogP contribution is 2.15. The first-order valence-corrected chi connectivity index (χ1v) is 4.48. The molecule has 1 rings (SSSR count). The van der Waals surface area contributed by atoms with E-state index in [1.165, 1.54) is 0 Å². The van der Waals surface area contributed by atoms with Crippen LogP contribution in [0.2, 0.25) is 0 Å². The van der Waals surface area contributed by atoms with E-state index in [9.17, 15) is 0 Å². The van der Waals surface area contributed by atoms with Crippen molar-refractivity contribution in [3.8, 4) is 11.8 Å². The van der Waals surface area contributed by atoms with Crippen LogP contribution in [0.4, 0.5) is 5.69 Å². The van der Waals surface area contributed by atoms with Gasteiger partial charge in [-0.05, 0) is 24.3 Å². The molecule has 1 aromatic carbocycles. The zero-order valence-electron chi connectivity index (χ0n) is 7.78. The Morgan fingerprint density at radius 1 is 1.50 bits per heavy atom. The predicted octanol–water partition coefficient (Wildman–Crippen LogP) is 2.35. The van der Waals surface area contributed by atoms with E-state index in [1.54, 1.807) is 7.11 Å². The summed E-state index contributed by atoms with van der Waals surface area (Å²) < 4.78 is 5.01. The van der Waals surface area contributed by atoms with Crippen LogP contribution < -0.4 is 10.1 Å². The number of anilines is 1. The van der Waals surface area contributed by atoms with Gasteiger partial charge < -0.3 is 10.1 Å². The van der Waals surface area contributed by atoms with Crippen LogP contribution in [-0.4, -0.2) is 12.1 Å². The van der Waals surface area contributed by atoms with Crippen molar-refractivity contribution in [1.82, 2.24) is 0 Å². The second-order valence-electron chi connectivity index (χ2n) is 2.61. The molecule has 0 fully saturated rings. The van der Waals surface area contributed by atoms with Crippen LogP contribution in [0.15, 0.2) is 24.3 Å². The molecular weight excluding hydrogens is 196 g/mol. The highest BCUT2D eigenvalue weighted by molar-refractivity contribution is 7.80. The molecule has 0 bridgehead atoms. The number of thiocarbonyl (C=S) groups is 1. The SMILES string of the molecule is COc1ccc(NC(=S)CC#N)cc1. The summed E-state index contributed by atoms with van der Waals surface area (Å²) in [4.78, 5) is 0.526. The Balaban J connectivity index is 2.60. The molecule has 14 heavy (non-hydrogen) atoms. The van der Waals surface area contributed by atoms with Crippen molar-refractivity contribution in [3.05, 3.63) is 24.3 Å². The van der Waals surface area contributed by atoms with Crippen LogP contribution in [0.25, 0.3) is 0 Å². The van der Waals surface area contributed by atoms with Crippen LogP contribution in [0.1, 0.15) is 6.42 Å². The number of ether oxygens (including phenoxy) is 1. The molecule has 0 saturated carbocycles. The van der Waals surface area contributed by atoms with Gasteiger partial charge >= 0.3 is 0 Å². The number of nitriles is 1. The van der Waals surface area contributed by atoms with Crippen molar-refractivity contribution in [2.24, 2.45) is 0 Å². The molecule has 0 amide bonds. The minimum absolute atomic E-state index is 0.237. The minimum atomic E-state index is 0.237. The molecule has 0 aliphatic rings. The Labute approximate surface area is 88.3 Å². The van der Waals surface area contributed by atoms with Crippen LogP contribution in [0.3, 0.4) is 0 Å². The summed E-state index contributed by atoms with van der Waals surface area (Å²) in [5, 5.41) is 11.3. The van der Waals surface area contributed by atoms with Crippen LogP contribution in [0.5, 0.6) is 5.75 Å². The smallest absolute Gasteiger partial charge is 0.119 e. The van der Waals surface area contributed by atoms with Gasteiger partial charge in [-0.3, -0.25) is 0 Å². The van der Waals surface area contributed by atoms with Crippen molar-refractivity contribution in [2.45, 2.75) is 6.42 Å². The van der Waals surface area contributed by atoms with Gasteiger partial charge in [0.05, 0.1) is 24.6 Å². The van der Waals surface area contributed by atoms with Crippen molar-refractivity contribution >= 4 is 22.9 Å². The monoisotopic (exact) mass is 206 g/mol. The molecular formula is C10H10N2OS. The van der Waals surface area contributed by atoms with E-state index in [-0.39, 0.29) is 6.42 Å². The summed E-state index contributed by atoms with van der Waals surface area (Å²) in [6.45, 7) is 0. The van der Waals surface area contributed by atoms with Crippen molar-refractivity contribution in [3.63, 3.8) is 0 Å². The van der Waals surface area contributed by atoms with Gasteiger partial charge in [-0.1, -0.05) is 12.2 Å². The standard InChI is InChI=1S/C10H10N2OS/c1-13-9-4-2-8(3-5-9)12-10(14)6-7-11/h2-5H,6H2,1H3,(H,12,14).